The average molecular weight is 343 g/mol. The van der Waals surface area contributed by atoms with Gasteiger partial charge in [0.05, 0.1) is 18.8 Å². The smallest absolute Gasteiger partial charge is 0.223 e. The Bertz CT molecular complexity index is 738. The number of halogens is 1. The van der Waals surface area contributed by atoms with E-state index in [1.807, 2.05) is 25.2 Å². The molecule has 1 aromatic heterocycles. The van der Waals surface area contributed by atoms with Gasteiger partial charge >= 0.3 is 0 Å². The summed E-state index contributed by atoms with van der Waals surface area (Å²) in [6.07, 6.45) is 0.457. The Morgan fingerprint density at radius 2 is 2.16 bits per heavy atom. The van der Waals surface area contributed by atoms with Crippen molar-refractivity contribution >= 4 is 11.7 Å². The first-order valence-electron chi connectivity index (χ1n) is 8.45. The van der Waals surface area contributed by atoms with Gasteiger partial charge in [-0.15, -0.1) is 0 Å². The van der Waals surface area contributed by atoms with E-state index in [0.29, 0.717) is 31.7 Å². The van der Waals surface area contributed by atoms with E-state index in [-0.39, 0.29) is 24.2 Å². The lowest BCUT2D eigenvalue weighted by molar-refractivity contribution is -0.139. The first-order chi connectivity index (χ1) is 12.2. The highest BCUT2D eigenvalue weighted by atomic mass is 19.1. The number of benzene rings is 1. The van der Waals surface area contributed by atoms with Crippen molar-refractivity contribution in [2.45, 2.75) is 18.9 Å². The Kier molecular flexibility index (Phi) is 5.60. The van der Waals surface area contributed by atoms with E-state index in [1.54, 1.807) is 23.1 Å². The molecule has 0 bridgehead atoms. The molecule has 2 aromatic rings. The molecule has 132 valence electrons. The van der Waals surface area contributed by atoms with E-state index in [2.05, 4.69) is 10.3 Å². The molecule has 1 aliphatic heterocycles. The Morgan fingerprint density at radius 1 is 1.32 bits per heavy atom. The van der Waals surface area contributed by atoms with Crippen LogP contribution in [0.1, 0.15) is 23.8 Å². The van der Waals surface area contributed by atoms with Crippen molar-refractivity contribution in [3.63, 3.8) is 0 Å². The van der Waals surface area contributed by atoms with Crippen LogP contribution in [0, 0.1) is 5.82 Å². The predicted octanol–water partition coefficient (Wildman–Crippen LogP) is 2.80. The fourth-order valence-electron chi connectivity index (χ4n) is 2.93. The van der Waals surface area contributed by atoms with Crippen LogP contribution in [0.15, 0.2) is 42.5 Å². The number of nitrogens with zero attached hydrogens (tertiary/aromatic N) is 2. The van der Waals surface area contributed by atoms with Gasteiger partial charge in [0.1, 0.15) is 17.7 Å². The summed E-state index contributed by atoms with van der Waals surface area (Å²) in [5.41, 5.74) is 1.38. The van der Waals surface area contributed by atoms with Crippen LogP contribution in [0.3, 0.4) is 0 Å². The lowest BCUT2D eigenvalue weighted by atomic mass is 10.1. The summed E-state index contributed by atoms with van der Waals surface area (Å²) in [4.78, 5) is 18.8. The minimum absolute atomic E-state index is 0.0151. The largest absolute Gasteiger partial charge is 0.373 e. The second-order valence-electron chi connectivity index (χ2n) is 5.99. The van der Waals surface area contributed by atoms with Crippen molar-refractivity contribution < 1.29 is 13.9 Å². The predicted molar refractivity (Wildman–Crippen MR) is 93.8 cm³/mol. The molecule has 3 rings (SSSR count). The number of rotatable bonds is 5. The van der Waals surface area contributed by atoms with Gasteiger partial charge in [0.15, 0.2) is 0 Å². The van der Waals surface area contributed by atoms with Gasteiger partial charge in [0.2, 0.25) is 5.91 Å². The fourth-order valence-corrected chi connectivity index (χ4v) is 2.93. The summed E-state index contributed by atoms with van der Waals surface area (Å²) in [5, 5.41) is 3.00. The van der Waals surface area contributed by atoms with Crippen molar-refractivity contribution in [3.05, 3.63) is 59.5 Å². The summed E-state index contributed by atoms with van der Waals surface area (Å²) in [7, 11) is 1.81. The van der Waals surface area contributed by atoms with Gasteiger partial charge in [-0.3, -0.25) is 4.79 Å². The third kappa shape index (κ3) is 4.33. The number of aryl methyl sites for hydroxylation is 1. The Morgan fingerprint density at radius 3 is 2.96 bits per heavy atom. The van der Waals surface area contributed by atoms with Gasteiger partial charge in [-0.1, -0.05) is 24.3 Å². The lowest BCUT2D eigenvalue weighted by Gasteiger charge is -2.33. The zero-order valence-electron chi connectivity index (χ0n) is 14.2. The zero-order valence-corrected chi connectivity index (χ0v) is 14.2. The van der Waals surface area contributed by atoms with Crippen LogP contribution in [0.25, 0.3) is 0 Å². The quantitative estimate of drug-likeness (QED) is 0.907. The van der Waals surface area contributed by atoms with Crippen LogP contribution in [0.4, 0.5) is 10.2 Å². The van der Waals surface area contributed by atoms with Crippen LogP contribution in [-0.4, -0.2) is 42.5 Å². The second-order valence-corrected chi connectivity index (χ2v) is 5.99. The van der Waals surface area contributed by atoms with E-state index < -0.39 is 0 Å². The number of pyridine rings is 1. The minimum atomic E-state index is -0.261. The monoisotopic (exact) mass is 343 g/mol. The van der Waals surface area contributed by atoms with Crippen LogP contribution in [0.2, 0.25) is 0 Å². The molecule has 0 radical (unpaired) electrons. The molecule has 0 saturated carbocycles. The van der Waals surface area contributed by atoms with Gasteiger partial charge in [-0.05, 0) is 30.2 Å². The average Bonchev–Trinajstić information content (AvgIpc) is 2.67. The van der Waals surface area contributed by atoms with Gasteiger partial charge in [-0.2, -0.15) is 0 Å². The van der Waals surface area contributed by atoms with E-state index >= 15 is 0 Å². The second kappa shape index (κ2) is 8.07. The van der Waals surface area contributed by atoms with Crippen molar-refractivity contribution in [2.75, 3.05) is 32.1 Å². The van der Waals surface area contributed by atoms with E-state index in [9.17, 15) is 9.18 Å². The molecule has 1 fully saturated rings. The van der Waals surface area contributed by atoms with Crippen LogP contribution in [-0.2, 0) is 16.0 Å². The summed E-state index contributed by atoms with van der Waals surface area (Å²) in [6, 6.07) is 12.3. The molecule has 1 aliphatic rings. The fraction of sp³-hybridized carbons (Fsp3) is 0.368. The SMILES string of the molecule is CNc1cccc([C@H]2CN(C(=O)CCc3ccccc3F)CCO2)n1. The molecule has 1 aromatic carbocycles. The number of carbonyl (C=O) groups is 1. The Hall–Kier alpha value is -2.47. The van der Waals surface area contributed by atoms with E-state index in [0.717, 1.165) is 11.5 Å². The summed E-state index contributed by atoms with van der Waals surface area (Å²) >= 11 is 0. The maximum atomic E-state index is 13.7. The highest BCUT2D eigenvalue weighted by Crippen LogP contribution is 2.22. The highest BCUT2D eigenvalue weighted by Gasteiger charge is 2.26. The summed E-state index contributed by atoms with van der Waals surface area (Å²) in [6.45, 7) is 1.50. The number of nitrogens with one attached hydrogen (secondary N) is 1. The number of hydrogen-bond acceptors (Lipinski definition) is 4. The number of hydrogen-bond donors (Lipinski definition) is 1. The third-order valence-electron chi connectivity index (χ3n) is 4.34. The zero-order chi connectivity index (χ0) is 17.6. The molecular formula is C19H22FN3O2. The number of morpholine rings is 1. The Balaban J connectivity index is 1.60. The molecule has 2 heterocycles. The number of anilines is 1. The van der Waals surface area contributed by atoms with Crippen molar-refractivity contribution in [1.82, 2.24) is 9.88 Å². The highest BCUT2D eigenvalue weighted by molar-refractivity contribution is 5.76. The normalized spacial score (nSPS) is 17.4. The lowest BCUT2D eigenvalue weighted by Crippen LogP contribution is -2.42. The van der Waals surface area contributed by atoms with Crippen LogP contribution < -0.4 is 5.32 Å². The van der Waals surface area contributed by atoms with Crippen molar-refractivity contribution in [1.29, 1.82) is 0 Å². The van der Waals surface area contributed by atoms with Crippen molar-refractivity contribution in [3.8, 4) is 0 Å². The summed E-state index contributed by atoms with van der Waals surface area (Å²) < 4.78 is 19.5. The number of aromatic nitrogens is 1. The van der Waals surface area contributed by atoms with Gasteiger partial charge in [0.25, 0.3) is 0 Å². The maximum absolute atomic E-state index is 13.7. The van der Waals surface area contributed by atoms with Gasteiger partial charge in [-0.25, -0.2) is 9.37 Å². The Labute approximate surface area is 146 Å². The molecule has 1 atom stereocenters. The summed E-state index contributed by atoms with van der Waals surface area (Å²) in [5.74, 6) is 0.522. The molecule has 0 aliphatic carbocycles. The van der Waals surface area contributed by atoms with E-state index in [1.165, 1.54) is 6.07 Å². The molecule has 6 heteroatoms. The molecular weight excluding hydrogens is 321 g/mol. The number of ether oxygens (including phenoxy) is 1. The standard InChI is InChI=1S/C19H22FN3O2/c1-21-18-8-4-7-16(22-18)17-13-23(11-12-25-17)19(24)10-9-14-5-2-3-6-15(14)20/h2-8,17H,9-13H2,1H3,(H,21,22)/t17-/m1/s1. The molecule has 1 N–H and O–H groups in total. The topological polar surface area (TPSA) is 54.5 Å². The van der Waals surface area contributed by atoms with Crippen LogP contribution >= 0.6 is 0 Å². The van der Waals surface area contributed by atoms with E-state index in [4.69, 9.17) is 4.74 Å². The van der Waals surface area contributed by atoms with Crippen molar-refractivity contribution in [2.24, 2.45) is 0 Å². The van der Waals surface area contributed by atoms with Gasteiger partial charge in [0, 0.05) is 20.0 Å². The first-order valence-corrected chi connectivity index (χ1v) is 8.45. The molecule has 1 saturated heterocycles. The molecule has 0 spiro atoms. The molecule has 0 unspecified atom stereocenters. The van der Waals surface area contributed by atoms with Gasteiger partial charge < -0.3 is 15.0 Å². The van der Waals surface area contributed by atoms with Crippen LogP contribution in [0.5, 0.6) is 0 Å². The number of amides is 1. The first kappa shape index (κ1) is 17.4. The third-order valence-corrected chi connectivity index (χ3v) is 4.34. The number of carbonyl (C=O) groups excluding carboxylic acids is 1. The molecule has 5 nitrogen and oxygen atoms in total. The minimum Gasteiger partial charge on any atom is -0.373 e. The molecule has 1 amide bonds. The maximum Gasteiger partial charge on any atom is 0.223 e. The molecule has 25 heavy (non-hydrogen) atoms.